The van der Waals surface area contributed by atoms with Crippen LogP contribution >= 0.6 is 11.3 Å². The first-order valence-electron chi connectivity index (χ1n) is 7.23. The number of piperidine rings is 1. The largest absolute Gasteiger partial charge is 0.470 e. The number of hydrogen-bond acceptors (Lipinski definition) is 6. The molecule has 3 rings (SSSR count). The van der Waals surface area contributed by atoms with Crippen LogP contribution in [-0.2, 0) is 0 Å². The zero-order chi connectivity index (χ0) is 16.1. The number of nitrogens with zero attached hydrogens (tertiary/aromatic N) is 4. The summed E-state index contributed by atoms with van der Waals surface area (Å²) >= 11 is 1.48. The average Bonchev–Trinajstić information content (AvgIpc) is 3.08. The van der Waals surface area contributed by atoms with Crippen molar-refractivity contribution >= 4 is 22.4 Å². The van der Waals surface area contributed by atoms with Crippen molar-refractivity contribution in [2.45, 2.75) is 18.9 Å². The predicted octanol–water partition coefficient (Wildman–Crippen LogP) is 2.49. The molecule has 23 heavy (non-hydrogen) atoms. The van der Waals surface area contributed by atoms with E-state index >= 15 is 0 Å². The van der Waals surface area contributed by atoms with Gasteiger partial charge in [-0.3, -0.25) is 5.32 Å². The molecule has 118 valence electrons. The summed E-state index contributed by atoms with van der Waals surface area (Å²) in [6, 6.07) is 5.57. The third-order valence-corrected chi connectivity index (χ3v) is 4.25. The lowest BCUT2D eigenvalue weighted by molar-refractivity contribution is 0.102. The monoisotopic (exact) mass is 329 g/mol. The van der Waals surface area contributed by atoms with Crippen LogP contribution in [0.25, 0.3) is 0 Å². The number of aromatic nitrogens is 2. The molecule has 0 aromatic carbocycles. The lowest BCUT2D eigenvalue weighted by Crippen LogP contribution is -2.46. The first-order valence-corrected chi connectivity index (χ1v) is 8.11. The SMILES string of the molecule is N#Cc1nccnc1O[C@@H]1CCCN(C(=O)Nc2cccs2)C1. The van der Waals surface area contributed by atoms with Crippen molar-refractivity contribution in [3.8, 4) is 11.9 Å². The number of nitriles is 1. The van der Waals surface area contributed by atoms with Crippen LogP contribution in [0.2, 0.25) is 0 Å². The summed E-state index contributed by atoms with van der Waals surface area (Å²) in [4.78, 5) is 22.0. The standard InChI is InChI=1S/C15H15N5O2S/c16-9-12-14(18-6-5-17-12)22-11-3-1-7-20(10-11)15(21)19-13-4-2-8-23-13/h2,4-6,8,11H,1,3,7,10H2,(H,19,21)/t11-/m1/s1. The highest BCUT2D eigenvalue weighted by Gasteiger charge is 2.26. The summed E-state index contributed by atoms with van der Waals surface area (Å²) in [7, 11) is 0. The van der Waals surface area contributed by atoms with Crippen molar-refractivity contribution in [2.24, 2.45) is 0 Å². The Hall–Kier alpha value is -2.66. The normalized spacial score (nSPS) is 17.3. The quantitative estimate of drug-likeness (QED) is 0.934. The maximum Gasteiger partial charge on any atom is 0.322 e. The van der Waals surface area contributed by atoms with Crippen molar-refractivity contribution in [2.75, 3.05) is 18.4 Å². The Labute approximate surface area is 137 Å². The molecule has 2 aromatic rings. The molecule has 2 amide bonds. The Bertz CT molecular complexity index is 713. The molecule has 1 fully saturated rings. The molecule has 0 aliphatic carbocycles. The van der Waals surface area contributed by atoms with Crippen LogP contribution in [0, 0.1) is 11.3 Å². The molecule has 1 N–H and O–H groups in total. The minimum atomic E-state index is -0.193. The van der Waals surface area contributed by atoms with Gasteiger partial charge in [-0.15, -0.1) is 11.3 Å². The Balaban J connectivity index is 1.62. The number of anilines is 1. The highest BCUT2D eigenvalue weighted by molar-refractivity contribution is 7.14. The molecule has 0 saturated carbocycles. The van der Waals surface area contributed by atoms with Gasteiger partial charge in [-0.25, -0.2) is 14.8 Å². The topological polar surface area (TPSA) is 91.1 Å². The van der Waals surface area contributed by atoms with Crippen LogP contribution in [-0.4, -0.2) is 40.1 Å². The molecule has 0 radical (unpaired) electrons. The van der Waals surface area contributed by atoms with Gasteiger partial charge in [0.05, 0.1) is 11.5 Å². The van der Waals surface area contributed by atoms with Crippen LogP contribution in [0.3, 0.4) is 0 Å². The zero-order valence-corrected chi connectivity index (χ0v) is 13.1. The fraction of sp³-hybridized carbons (Fsp3) is 0.333. The molecule has 1 saturated heterocycles. The Morgan fingerprint density at radius 1 is 1.48 bits per heavy atom. The number of hydrogen-bond donors (Lipinski definition) is 1. The minimum absolute atomic E-state index is 0.139. The molecule has 3 heterocycles. The molecule has 1 atom stereocenters. The van der Waals surface area contributed by atoms with E-state index in [-0.39, 0.29) is 23.7 Å². The van der Waals surface area contributed by atoms with Gasteiger partial charge >= 0.3 is 6.03 Å². The molecule has 7 nitrogen and oxygen atoms in total. The molecule has 8 heteroatoms. The molecule has 0 bridgehead atoms. The molecule has 2 aromatic heterocycles. The van der Waals surface area contributed by atoms with Gasteiger partial charge in [0.1, 0.15) is 12.2 Å². The third-order valence-electron chi connectivity index (χ3n) is 3.47. The van der Waals surface area contributed by atoms with Crippen LogP contribution in [0.1, 0.15) is 18.5 Å². The van der Waals surface area contributed by atoms with Gasteiger partial charge < -0.3 is 9.64 Å². The van der Waals surface area contributed by atoms with E-state index < -0.39 is 0 Å². The second-order valence-electron chi connectivity index (χ2n) is 5.06. The minimum Gasteiger partial charge on any atom is -0.470 e. The van der Waals surface area contributed by atoms with Crippen LogP contribution < -0.4 is 10.1 Å². The van der Waals surface area contributed by atoms with Crippen LogP contribution in [0.5, 0.6) is 5.88 Å². The Kier molecular flexibility index (Phi) is 4.68. The maximum absolute atomic E-state index is 12.3. The summed E-state index contributed by atoms with van der Waals surface area (Å²) < 4.78 is 5.78. The van der Waals surface area contributed by atoms with E-state index in [0.717, 1.165) is 17.8 Å². The highest BCUT2D eigenvalue weighted by atomic mass is 32.1. The predicted molar refractivity (Wildman–Crippen MR) is 85.3 cm³/mol. The Morgan fingerprint density at radius 3 is 3.13 bits per heavy atom. The molecule has 0 unspecified atom stereocenters. The van der Waals surface area contributed by atoms with Crippen molar-refractivity contribution in [1.82, 2.24) is 14.9 Å². The summed E-state index contributed by atoms with van der Waals surface area (Å²) in [6.45, 7) is 1.14. The molecule has 1 aliphatic rings. The number of amides is 2. The number of rotatable bonds is 3. The van der Waals surface area contributed by atoms with Crippen LogP contribution in [0.4, 0.5) is 9.80 Å². The number of nitrogens with one attached hydrogen (secondary N) is 1. The molecule has 1 aliphatic heterocycles. The van der Waals surface area contributed by atoms with Gasteiger partial charge in [-0.1, -0.05) is 0 Å². The smallest absolute Gasteiger partial charge is 0.322 e. The van der Waals surface area contributed by atoms with Crippen molar-refractivity contribution in [3.63, 3.8) is 0 Å². The van der Waals surface area contributed by atoms with E-state index in [1.165, 1.54) is 23.7 Å². The number of carbonyl (C=O) groups excluding carboxylic acids is 1. The number of thiophene rings is 1. The number of ether oxygens (including phenoxy) is 1. The fourth-order valence-corrected chi connectivity index (χ4v) is 3.01. The van der Waals surface area contributed by atoms with Crippen LogP contribution in [0.15, 0.2) is 29.9 Å². The van der Waals surface area contributed by atoms with E-state index in [1.54, 1.807) is 4.90 Å². The summed E-state index contributed by atoms with van der Waals surface area (Å²) in [5, 5.41) is 14.6. The molecule has 0 spiro atoms. The van der Waals surface area contributed by atoms with Crippen molar-refractivity contribution in [1.29, 1.82) is 5.26 Å². The first kappa shape index (κ1) is 15.2. The van der Waals surface area contributed by atoms with Gasteiger partial charge in [0.15, 0.2) is 0 Å². The summed E-state index contributed by atoms with van der Waals surface area (Å²) in [5.41, 5.74) is 0.160. The van der Waals surface area contributed by atoms with Crippen molar-refractivity contribution in [3.05, 3.63) is 35.6 Å². The fourth-order valence-electron chi connectivity index (χ4n) is 2.40. The average molecular weight is 329 g/mol. The van der Waals surface area contributed by atoms with E-state index in [9.17, 15) is 4.79 Å². The van der Waals surface area contributed by atoms with Gasteiger partial charge in [0.25, 0.3) is 5.88 Å². The second-order valence-corrected chi connectivity index (χ2v) is 6.01. The van der Waals surface area contributed by atoms with E-state index in [4.69, 9.17) is 10.00 Å². The molecular weight excluding hydrogens is 314 g/mol. The maximum atomic E-state index is 12.3. The van der Waals surface area contributed by atoms with Gasteiger partial charge in [-0.2, -0.15) is 5.26 Å². The third kappa shape index (κ3) is 3.76. The van der Waals surface area contributed by atoms with Gasteiger partial charge in [0.2, 0.25) is 5.69 Å². The number of carbonyl (C=O) groups is 1. The lowest BCUT2D eigenvalue weighted by atomic mass is 10.1. The van der Waals surface area contributed by atoms with Gasteiger partial charge in [-0.05, 0) is 30.4 Å². The molecular formula is C15H15N5O2S. The van der Waals surface area contributed by atoms with E-state index in [2.05, 4.69) is 15.3 Å². The number of likely N-dealkylation sites (tertiary alicyclic amines) is 1. The Morgan fingerprint density at radius 2 is 2.35 bits per heavy atom. The second kappa shape index (κ2) is 7.07. The van der Waals surface area contributed by atoms with Gasteiger partial charge in [0, 0.05) is 18.9 Å². The first-order chi connectivity index (χ1) is 11.3. The van der Waals surface area contributed by atoms with Crippen molar-refractivity contribution < 1.29 is 9.53 Å². The summed E-state index contributed by atoms with van der Waals surface area (Å²) in [6.07, 6.45) is 4.39. The lowest BCUT2D eigenvalue weighted by Gasteiger charge is -2.32. The van der Waals surface area contributed by atoms with E-state index in [0.29, 0.717) is 13.1 Å². The van der Waals surface area contributed by atoms with E-state index in [1.807, 2.05) is 23.6 Å². The summed E-state index contributed by atoms with van der Waals surface area (Å²) in [5.74, 6) is 0.223. The zero-order valence-electron chi connectivity index (χ0n) is 12.3. The highest BCUT2D eigenvalue weighted by Crippen LogP contribution is 2.20. The number of urea groups is 1.